The van der Waals surface area contributed by atoms with Crippen LogP contribution in [0.4, 0.5) is 0 Å². The van der Waals surface area contributed by atoms with Crippen LogP contribution in [0, 0.1) is 0 Å². The Morgan fingerprint density at radius 1 is 1.55 bits per heavy atom. The molecule has 20 heavy (non-hydrogen) atoms. The first-order valence-electron chi connectivity index (χ1n) is 5.74. The molecule has 1 amide bonds. The Labute approximate surface area is 120 Å². The van der Waals surface area contributed by atoms with Crippen molar-refractivity contribution in [2.75, 3.05) is 6.54 Å². The van der Waals surface area contributed by atoms with E-state index in [0.29, 0.717) is 11.8 Å². The highest BCUT2D eigenvalue weighted by Crippen LogP contribution is 2.11. The molecule has 0 radical (unpaired) electrons. The molecule has 0 spiro atoms. The van der Waals surface area contributed by atoms with Crippen LogP contribution in [0.25, 0.3) is 6.08 Å². The van der Waals surface area contributed by atoms with Crippen molar-refractivity contribution in [1.82, 2.24) is 15.1 Å². The average Bonchev–Trinajstić information content (AvgIpc) is 2.76. The normalized spacial score (nSPS) is 12.3. The highest BCUT2D eigenvalue weighted by atomic mass is 32.2. The molecule has 0 bridgehead atoms. The van der Waals surface area contributed by atoms with Gasteiger partial charge in [0.25, 0.3) is 0 Å². The Bertz CT molecular complexity index is 539. The van der Waals surface area contributed by atoms with Crippen LogP contribution < -0.4 is 5.32 Å². The quantitative estimate of drug-likeness (QED) is 0.731. The lowest BCUT2D eigenvalue weighted by molar-refractivity contribution is -0.136. The van der Waals surface area contributed by atoms with Gasteiger partial charge in [0.15, 0.2) is 5.12 Å². The largest absolute Gasteiger partial charge is 0.480 e. The molecule has 0 aliphatic carbocycles. The van der Waals surface area contributed by atoms with Gasteiger partial charge in [-0.15, -0.1) is 0 Å². The van der Waals surface area contributed by atoms with E-state index in [9.17, 15) is 14.4 Å². The van der Waals surface area contributed by atoms with Gasteiger partial charge in [-0.25, -0.2) is 0 Å². The van der Waals surface area contributed by atoms with Crippen molar-refractivity contribution >= 4 is 34.8 Å². The van der Waals surface area contributed by atoms with Crippen molar-refractivity contribution < 1.29 is 19.5 Å². The van der Waals surface area contributed by atoms with Gasteiger partial charge in [-0.3, -0.25) is 19.1 Å². The van der Waals surface area contributed by atoms with E-state index in [0.717, 1.165) is 5.69 Å². The second-order valence-corrected chi connectivity index (χ2v) is 5.27. The molecule has 7 nitrogen and oxygen atoms in total. The number of aromatic nitrogens is 2. The van der Waals surface area contributed by atoms with Crippen molar-refractivity contribution in [1.29, 1.82) is 0 Å². The fourth-order valence-corrected chi connectivity index (χ4v) is 2.01. The number of amides is 1. The molecule has 0 unspecified atom stereocenters. The van der Waals surface area contributed by atoms with Gasteiger partial charge in [-0.1, -0.05) is 11.8 Å². The van der Waals surface area contributed by atoms with Gasteiger partial charge in [0, 0.05) is 32.8 Å². The van der Waals surface area contributed by atoms with Crippen molar-refractivity contribution in [3.8, 4) is 0 Å². The van der Waals surface area contributed by atoms with Gasteiger partial charge in [-0.05, 0) is 12.1 Å². The van der Waals surface area contributed by atoms with E-state index >= 15 is 0 Å². The smallest absolute Gasteiger partial charge is 0.318 e. The molecule has 0 aliphatic rings. The van der Waals surface area contributed by atoms with E-state index in [-0.39, 0.29) is 11.7 Å². The number of hydrogen-bond acceptors (Lipinski definition) is 5. The topological polar surface area (TPSA) is 101 Å². The summed E-state index contributed by atoms with van der Waals surface area (Å²) < 4.78 is 1.59. The first-order valence-corrected chi connectivity index (χ1v) is 6.62. The van der Waals surface area contributed by atoms with E-state index < -0.39 is 17.1 Å². The van der Waals surface area contributed by atoms with E-state index in [4.69, 9.17) is 5.11 Å². The van der Waals surface area contributed by atoms with Crippen molar-refractivity contribution in [2.45, 2.75) is 12.2 Å². The van der Waals surface area contributed by atoms with Gasteiger partial charge in [-0.2, -0.15) is 5.10 Å². The molecule has 1 atom stereocenters. The van der Waals surface area contributed by atoms with E-state index in [2.05, 4.69) is 10.4 Å². The number of carbonyl (C=O) groups excluding carboxylic acids is 2. The molecule has 1 heterocycles. The molecule has 0 saturated heterocycles. The molecular formula is C12H15N3O4S. The molecule has 0 aliphatic heterocycles. The molecule has 1 aromatic heterocycles. The SMILES string of the molecule is CC(=O)S[C@@H](CNC(=O)/C=C/c1ccnn1C)C(=O)O. The highest BCUT2D eigenvalue weighted by Gasteiger charge is 2.20. The number of hydrogen-bond donors (Lipinski definition) is 2. The first kappa shape index (κ1) is 16.0. The first-order chi connectivity index (χ1) is 9.40. The molecule has 0 aromatic carbocycles. The Morgan fingerprint density at radius 2 is 2.25 bits per heavy atom. The van der Waals surface area contributed by atoms with Crippen LogP contribution >= 0.6 is 11.8 Å². The fourth-order valence-electron chi connectivity index (χ4n) is 1.34. The zero-order chi connectivity index (χ0) is 15.1. The van der Waals surface area contributed by atoms with Gasteiger partial charge < -0.3 is 10.4 Å². The van der Waals surface area contributed by atoms with Crippen LogP contribution in [0.5, 0.6) is 0 Å². The molecular weight excluding hydrogens is 282 g/mol. The van der Waals surface area contributed by atoms with E-state index in [1.807, 2.05) is 0 Å². The third-order valence-electron chi connectivity index (χ3n) is 2.31. The molecule has 1 aromatic rings. The second kappa shape index (κ2) is 7.49. The summed E-state index contributed by atoms with van der Waals surface area (Å²) in [5.41, 5.74) is 0.744. The fraction of sp³-hybridized carbons (Fsp3) is 0.333. The van der Waals surface area contributed by atoms with Crippen LogP contribution in [-0.2, 0) is 21.4 Å². The zero-order valence-corrected chi connectivity index (χ0v) is 11.9. The minimum Gasteiger partial charge on any atom is -0.480 e. The van der Waals surface area contributed by atoms with Crippen molar-refractivity contribution in [2.24, 2.45) is 7.05 Å². The lowest BCUT2D eigenvalue weighted by Gasteiger charge is -2.09. The zero-order valence-electron chi connectivity index (χ0n) is 11.1. The summed E-state index contributed by atoms with van der Waals surface area (Å²) in [6.45, 7) is 1.17. The molecule has 8 heteroatoms. The summed E-state index contributed by atoms with van der Waals surface area (Å²) in [6, 6.07) is 1.73. The van der Waals surface area contributed by atoms with Crippen molar-refractivity contribution in [3.05, 3.63) is 24.0 Å². The van der Waals surface area contributed by atoms with Gasteiger partial charge in [0.05, 0.1) is 5.69 Å². The van der Waals surface area contributed by atoms with Crippen molar-refractivity contribution in [3.63, 3.8) is 0 Å². The summed E-state index contributed by atoms with van der Waals surface area (Å²) in [5, 5.41) is 14.0. The van der Waals surface area contributed by atoms with E-state index in [1.165, 1.54) is 13.0 Å². The lowest BCUT2D eigenvalue weighted by Crippen LogP contribution is -2.34. The summed E-state index contributed by atoms with van der Waals surface area (Å²) in [5.74, 6) is -1.57. The summed E-state index contributed by atoms with van der Waals surface area (Å²) in [6.07, 6.45) is 4.45. The van der Waals surface area contributed by atoms with E-state index in [1.54, 1.807) is 30.1 Å². The third-order valence-corrected chi connectivity index (χ3v) is 3.29. The average molecular weight is 297 g/mol. The van der Waals surface area contributed by atoms with Crippen LogP contribution in [0.3, 0.4) is 0 Å². The summed E-state index contributed by atoms with van der Waals surface area (Å²) in [7, 11) is 1.74. The monoisotopic (exact) mass is 297 g/mol. The number of carbonyl (C=O) groups is 3. The standard InChI is InChI=1S/C12H15N3O4S/c1-8(16)20-10(12(18)19)7-13-11(17)4-3-9-5-6-14-15(9)2/h3-6,10H,7H2,1-2H3,(H,13,17)(H,18,19)/b4-3+/t10-/m0/s1. The number of thioether (sulfide) groups is 1. The maximum absolute atomic E-state index is 11.5. The number of aryl methyl sites for hydroxylation is 1. The maximum atomic E-state index is 11.5. The predicted octanol–water partition coefficient (Wildman–Crippen LogP) is 0.282. The number of carboxylic acid groups (broad SMARTS) is 1. The molecule has 108 valence electrons. The number of carboxylic acids is 1. The Kier molecular flexibility index (Phi) is 5.98. The third kappa shape index (κ3) is 5.27. The summed E-state index contributed by atoms with van der Waals surface area (Å²) in [4.78, 5) is 33.3. The molecule has 1 rings (SSSR count). The van der Waals surface area contributed by atoms with Gasteiger partial charge >= 0.3 is 5.97 Å². The Morgan fingerprint density at radius 3 is 2.75 bits per heavy atom. The predicted molar refractivity (Wildman–Crippen MR) is 74.9 cm³/mol. The highest BCUT2D eigenvalue weighted by molar-refractivity contribution is 8.14. The van der Waals surface area contributed by atoms with Gasteiger partial charge in [0.2, 0.25) is 5.91 Å². The Hall–Kier alpha value is -2.09. The van der Waals surface area contributed by atoms with Gasteiger partial charge in [0.1, 0.15) is 5.25 Å². The minimum atomic E-state index is -1.14. The van der Waals surface area contributed by atoms with Crippen LogP contribution in [0.1, 0.15) is 12.6 Å². The summed E-state index contributed by atoms with van der Waals surface area (Å²) >= 11 is 0.677. The number of rotatable bonds is 6. The molecule has 0 fully saturated rings. The van der Waals surface area contributed by atoms with Crippen LogP contribution in [0.15, 0.2) is 18.3 Å². The number of nitrogens with one attached hydrogen (secondary N) is 1. The molecule has 0 saturated carbocycles. The minimum absolute atomic E-state index is 0.117. The number of nitrogens with zero attached hydrogens (tertiary/aromatic N) is 2. The molecule has 2 N–H and O–H groups in total. The maximum Gasteiger partial charge on any atom is 0.318 e. The lowest BCUT2D eigenvalue weighted by atomic mass is 10.3. The second-order valence-electron chi connectivity index (χ2n) is 3.89. The Balaban J connectivity index is 2.49. The van der Waals surface area contributed by atoms with Crippen LogP contribution in [-0.4, -0.2) is 43.7 Å². The van der Waals surface area contributed by atoms with Crippen LogP contribution in [0.2, 0.25) is 0 Å². The number of aliphatic carboxylic acids is 1.